The van der Waals surface area contributed by atoms with E-state index in [0.29, 0.717) is 13.1 Å². The zero-order valence-corrected chi connectivity index (χ0v) is 8.93. The lowest BCUT2D eigenvalue weighted by Gasteiger charge is -2.44. The number of hydrogen-bond donors (Lipinski definition) is 3. The van der Waals surface area contributed by atoms with E-state index in [2.05, 4.69) is 5.32 Å². The summed E-state index contributed by atoms with van der Waals surface area (Å²) in [6.45, 7) is 0.863. The van der Waals surface area contributed by atoms with Gasteiger partial charge in [-0.1, -0.05) is 0 Å². The lowest BCUT2D eigenvalue weighted by atomic mass is 9.70. The molecule has 16 heavy (non-hydrogen) atoms. The van der Waals surface area contributed by atoms with E-state index in [-0.39, 0.29) is 24.3 Å². The second kappa shape index (κ2) is 4.29. The van der Waals surface area contributed by atoms with Gasteiger partial charge < -0.3 is 15.5 Å². The zero-order chi connectivity index (χ0) is 11.7. The van der Waals surface area contributed by atoms with Crippen LogP contribution < -0.4 is 5.32 Å². The van der Waals surface area contributed by atoms with Gasteiger partial charge in [-0.15, -0.1) is 0 Å². The number of aliphatic hydroxyl groups is 1. The van der Waals surface area contributed by atoms with Gasteiger partial charge >= 0.3 is 6.09 Å². The molecule has 1 aliphatic heterocycles. The summed E-state index contributed by atoms with van der Waals surface area (Å²) in [6.07, 6.45) is 0.434. The van der Waals surface area contributed by atoms with Crippen molar-refractivity contribution in [1.82, 2.24) is 10.2 Å². The maximum atomic E-state index is 11.7. The van der Waals surface area contributed by atoms with Crippen LogP contribution in [-0.2, 0) is 4.79 Å². The highest BCUT2D eigenvalue weighted by Gasteiger charge is 2.44. The van der Waals surface area contributed by atoms with Crippen molar-refractivity contribution in [1.29, 1.82) is 0 Å². The van der Waals surface area contributed by atoms with Gasteiger partial charge in [-0.25, -0.2) is 4.79 Å². The minimum absolute atomic E-state index is 0.0635. The van der Waals surface area contributed by atoms with Gasteiger partial charge in [0.15, 0.2) is 0 Å². The Labute approximate surface area is 93.2 Å². The molecule has 2 amide bonds. The Bertz CT molecular complexity index is 301. The number of carboxylic acid groups (broad SMARTS) is 1. The molecule has 1 unspecified atom stereocenters. The summed E-state index contributed by atoms with van der Waals surface area (Å²) in [5, 5.41) is 20.6. The number of nitrogens with one attached hydrogen (secondary N) is 1. The van der Waals surface area contributed by atoms with Crippen molar-refractivity contribution in [2.75, 3.05) is 19.7 Å². The maximum Gasteiger partial charge on any atom is 0.408 e. The van der Waals surface area contributed by atoms with E-state index in [1.54, 1.807) is 0 Å². The molecule has 0 aromatic rings. The molecular weight excluding hydrogens is 212 g/mol. The number of nitrogens with zero attached hydrogens (tertiary/aromatic N) is 1. The van der Waals surface area contributed by atoms with E-state index in [4.69, 9.17) is 10.2 Å². The number of carbonyl (C=O) groups excluding carboxylic acids is 1. The van der Waals surface area contributed by atoms with Crippen LogP contribution in [0.15, 0.2) is 0 Å². The van der Waals surface area contributed by atoms with Gasteiger partial charge in [0.25, 0.3) is 0 Å². The summed E-state index contributed by atoms with van der Waals surface area (Å²) in [5.74, 6) is 0.0963. The third-order valence-electron chi connectivity index (χ3n) is 3.48. The van der Waals surface area contributed by atoms with Crippen molar-refractivity contribution in [2.24, 2.45) is 11.8 Å². The van der Waals surface area contributed by atoms with Crippen LogP contribution in [0, 0.1) is 11.8 Å². The number of rotatable bonds is 2. The van der Waals surface area contributed by atoms with E-state index >= 15 is 0 Å². The van der Waals surface area contributed by atoms with Crippen molar-refractivity contribution >= 4 is 12.0 Å². The molecule has 3 N–H and O–H groups in total. The molecule has 1 atom stereocenters. The fraction of sp³-hybridized carbons (Fsp3) is 0.800. The second-order valence-corrected chi connectivity index (χ2v) is 4.49. The largest absolute Gasteiger partial charge is 0.465 e. The lowest BCUT2D eigenvalue weighted by Crippen LogP contribution is -2.61. The van der Waals surface area contributed by atoms with Crippen LogP contribution in [-0.4, -0.2) is 52.9 Å². The fourth-order valence-corrected chi connectivity index (χ4v) is 2.56. The molecule has 6 heteroatoms. The molecule has 1 heterocycles. The summed E-state index contributed by atoms with van der Waals surface area (Å²) in [4.78, 5) is 23.9. The molecule has 0 radical (unpaired) electrons. The van der Waals surface area contributed by atoms with Gasteiger partial charge in [-0.2, -0.15) is 0 Å². The number of amides is 2. The molecule has 1 saturated carbocycles. The molecule has 0 aromatic carbocycles. The molecule has 2 rings (SSSR count). The Kier molecular flexibility index (Phi) is 3.00. The number of aliphatic hydroxyl groups excluding tert-OH is 1. The summed E-state index contributed by atoms with van der Waals surface area (Å²) >= 11 is 0. The first kappa shape index (κ1) is 11.2. The Morgan fingerprint density at radius 3 is 2.75 bits per heavy atom. The van der Waals surface area contributed by atoms with E-state index in [1.165, 1.54) is 4.90 Å². The fourth-order valence-electron chi connectivity index (χ4n) is 2.56. The van der Waals surface area contributed by atoms with Crippen LogP contribution in [0.5, 0.6) is 0 Å². The Morgan fingerprint density at radius 1 is 1.50 bits per heavy atom. The molecular formula is C10H16N2O4. The first-order valence-electron chi connectivity index (χ1n) is 5.51. The quantitative estimate of drug-likeness (QED) is 0.593. The number of piperazine rings is 1. The lowest BCUT2D eigenvalue weighted by molar-refractivity contribution is -0.132. The van der Waals surface area contributed by atoms with Crippen LogP contribution in [0.2, 0.25) is 0 Å². The first-order chi connectivity index (χ1) is 7.63. The Balaban J connectivity index is 2.03. The highest BCUT2D eigenvalue weighted by Crippen LogP contribution is 2.38. The third kappa shape index (κ3) is 1.84. The highest BCUT2D eigenvalue weighted by atomic mass is 16.4. The Morgan fingerprint density at radius 2 is 2.19 bits per heavy atom. The van der Waals surface area contributed by atoms with Gasteiger partial charge in [0.05, 0.1) is 0 Å². The van der Waals surface area contributed by atoms with Crippen LogP contribution >= 0.6 is 0 Å². The van der Waals surface area contributed by atoms with E-state index < -0.39 is 12.1 Å². The predicted octanol–water partition coefficient (Wildman–Crippen LogP) is -0.517. The molecule has 0 spiro atoms. The van der Waals surface area contributed by atoms with Crippen molar-refractivity contribution in [3.05, 3.63) is 0 Å². The maximum absolute atomic E-state index is 11.7. The minimum Gasteiger partial charge on any atom is -0.465 e. The predicted molar refractivity (Wildman–Crippen MR) is 54.8 cm³/mol. The van der Waals surface area contributed by atoms with Crippen molar-refractivity contribution in [2.45, 2.75) is 18.9 Å². The third-order valence-corrected chi connectivity index (χ3v) is 3.48. The van der Waals surface area contributed by atoms with Crippen LogP contribution in [0.25, 0.3) is 0 Å². The molecule has 0 aromatic heterocycles. The average Bonchev–Trinajstić information content (AvgIpc) is 2.18. The average molecular weight is 228 g/mol. The number of carbonyl (C=O) groups is 2. The summed E-state index contributed by atoms with van der Waals surface area (Å²) in [5.41, 5.74) is 0. The summed E-state index contributed by atoms with van der Waals surface area (Å²) < 4.78 is 0. The summed E-state index contributed by atoms with van der Waals surface area (Å²) in [6, 6.07) is -0.561. The monoisotopic (exact) mass is 228 g/mol. The van der Waals surface area contributed by atoms with Gasteiger partial charge in [0, 0.05) is 19.7 Å². The van der Waals surface area contributed by atoms with E-state index in [0.717, 1.165) is 12.8 Å². The standard InChI is InChI=1S/C10H16N2O4/c13-5-6-3-7(4-6)8-9(14)11-1-2-12(8)10(15)16/h6-8,13H,1-5H2,(H,11,14)(H,15,16). The Hall–Kier alpha value is -1.30. The molecule has 2 fully saturated rings. The zero-order valence-electron chi connectivity index (χ0n) is 8.93. The van der Waals surface area contributed by atoms with Crippen LogP contribution in [0.4, 0.5) is 4.79 Å². The smallest absolute Gasteiger partial charge is 0.408 e. The summed E-state index contributed by atoms with van der Waals surface area (Å²) in [7, 11) is 0. The molecule has 90 valence electrons. The molecule has 1 aliphatic carbocycles. The normalized spacial score (nSPS) is 34.2. The highest BCUT2D eigenvalue weighted by molar-refractivity contribution is 5.86. The van der Waals surface area contributed by atoms with Crippen molar-refractivity contribution in [3.8, 4) is 0 Å². The van der Waals surface area contributed by atoms with E-state index in [1.807, 2.05) is 0 Å². The van der Waals surface area contributed by atoms with Gasteiger partial charge in [-0.3, -0.25) is 9.69 Å². The van der Waals surface area contributed by atoms with E-state index in [9.17, 15) is 9.59 Å². The number of hydrogen-bond acceptors (Lipinski definition) is 3. The van der Waals surface area contributed by atoms with Crippen molar-refractivity contribution < 1.29 is 19.8 Å². The molecule has 2 aliphatic rings. The van der Waals surface area contributed by atoms with Gasteiger partial charge in [0.1, 0.15) is 6.04 Å². The second-order valence-electron chi connectivity index (χ2n) is 4.49. The van der Waals surface area contributed by atoms with Crippen LogP contribution in [0.1, 0.15) is 12.8 Å². The van der Waals surface area contributed by atoms with Gasteiger partial charge in [-0.05, 0) is 24.7 Å². The van der Waals surface area contributed by atoms with Gasteiger partial charge in [0.2, 0.25) is 5.91 Å². The topological polar surface area (TPSA) is 89.9 Å². The van der Waals surface area contributed by atoms with Crippen LogP contribution in [0.3, 0.4) is 0 Å². The minimum atomic E-state index is -1.03. The molecule has 6 nitrogen and oxygen atoms in total. The van der Waals surface area contributed by atoms with Crippen molar-refractivity contribution in [3.63, 3.8) is 0 Å². The molecule has 1 saturated heterocycles. The SMILES string of the molecule is O=C1NCCN(C(=O)O)C1C1CC(CO)C1. The first-order valence-corrected chi connectivity index (χ1v) is 5.51. The molecule has 0 bridgehead atoms.